The molecule has 1 amide bonds. The molecule has 1 aromatic rings. The lowest BCUT2D eigenvalue weighted by atomic mass is 9.92. The number of nitrogens with two attached hydrogens (primary N) is 1. The van der Waals surface area contributed by atoms with Crippen molar-refractivity contribution in [2.75, 3.05) is 6.54 Å². The predicted molar refractivity (Wildman–Crippen MR) is 84.5 cm³/mol. The molecule has 0 aliphatic heterocycles. The first-order valence-corrected chi connectivity index (χ1v) is 8.12. The highest BCUT2D eigenvalue weighted by atomic mass is 19.4. The van der Waals surface area contributed by atoms with E-state index in [4.69, 9.17) is 5.73 Å². The van der Waals surface area contributed by atoms with E-state index < -0.39 is 11.9 Å². The van der Waals surface area contributed by atoms with Gasteiger partial charge in [0, 0.05) is 12.5 Å². The van der Waals surface area contributed by atoms with Crippen LogP contribution in [0.2, 0.25) is 0 Å². The van der Waals surface area contributed by atoms with E-state index in [-0.39, 0.29) is 23.5 Å². The van der Waals surface area contributed by atoms with Gasteiger partial charge in [-0.25, -0.2) is 0 Å². The van der Waals surface area contributed by atoms with Gasteiger partial charge in [0.1, 0.15) is 5.75 Å². The van der Waals surface area contributed by atoms with Gasteiger partial charge in [-0.05, 0) is 36.8 Å². The zero-order chi connectivity index (χ0) is 18.0. The van der Waals surface area contributed by atoms with Crippen LogP contribution in [0.4, 0.5) is 13.2 Å². The molecule has 0 spiro atoms. The lowest BCUT2D eigenvalue weighted by Gasteiger charge is -2.31. The number of ether oxygens (including phenoxy) is 1. The van der Waals surface area contributed by atoms with Gasteiger partial charge >= 0.3 is 6.36 Å². The third-order valence-corrected chi connectivity index (χ3v) is 4.80. The Morgan fingerprint density at radius 1 is 1.29 bits per heavy atom. The molecule has 2 atom stereocenters. The molecule has 0 heterocycles. The van der Waals surface area contributed by atoms with Crippen LogP contribution in [0.1, 0.15) is 44.6 Å². The Bertz CT molecular complexity index is 577. The fourth-order valence-electron chi connectivity index (χ4n) is 2.95. The molecule has 0 saturated heterocycles. The molecule has 4 nitrogen and oxygen atoms in total. The molecular weight excluding hydrogens is 321 g/mol. The number of carbonyl (C=O) groups is 1. The molecule has 0 bridgehead atoms. The summed E-state index contributed by atoms with van der Waals surface area (Å²) in [6.07, 6.45) is -2.83. The maximum atomic E-state index is 12.5. The van der Waals surface area contributed by atoms with E-state index in [1.807, 2.05) is 13.8 Å². The van der Waals surface area contributed by atoms with Crippen LogP contribution >= 0.6 is 0 Å². The van der Waals surface area contributed by atoms with E-state index in [2.05, 4.69) is 10.1 Å². The first kappa shape index (κ1) is 18.6. The summed E-state index contributed by atoms with van der Waals surface area (Å²) >= 11 is 0. The van der Waals surface area contributed by atoms with Gasteiger partial charge in [0.2, 0.25) is 5.91 Å². The number of alkyl halides is 3. The summed E-state index contributed by atoms with van der Waals surface area (Å²) in [6, 6.07) is 5.98. The summed E-state index contributed by atoms with van der Waals surface area (Å²) in [7, 11) is 0. The number of benzene rings is 1. The Balaban J connectivity index is 2.09. The molecule has 1 aliphatic rings. The second-order valence-corrected chi connectivity index (χ2v) is 6.22. The molecule has 1 fully saturated rings. The average Bonchev–Trinajstić information content (AvgIpc) is 3.32. The zero-order valence-corrected chi connectivity index (χ0v) is 13.8. The number of carbonyl (C=O) groups excluding carboxylic acids is 1. The summed E-state index contributed by atoms with van der Waals surface area (Å²) in [5.41, 5.74) is 5.74. The molecule has 3 N–H and O–H groups in total. The van der Waals surface area contributed by atoms with Crippen molar-refractivity contribution in [3.8, 4) is 5.75 Å². The van der Waals surface area contributed by atoms with Gasteiger partial charge in [0.15, 0.2) is 0 Å². The third-order valence-electron chi connectivity index (χ3n) is 4.80. The fraction of sp³-hybridized carbons (Fsp3) is 0.588. The first-order chi connectivity index (χ1) is 11.2. The molecule has 2 rings (SSSR count). The molecule has 24 heavy (non-hydrogen) atoms. The Hall–Kier alpha value is -1.76. The normalized spacial score (nSPS) is 20.6. The van der Waals surface area contributed by atoms with E-state index in [1.54, 1.807) is 12.1 Å². The van der Waals surface area contributed by atoms with E-state index in [1.165, 1.54) is 12.1 Å². The van der Waals surface area contributed by atoms with Crippen LogP contribution in [-0.2, 0) is 4.79 Å². The van der Waals surface area contributed by atoms with Gasteiger partial charge in [-0.2, -0.15) is 0 Å². The van der Waals surface area contributed by atoms with Crippen molar-refractivity contribution in [1.82, 2.24) is 5.32 Å². The van der Waals surface area contributed by atoms with Crippen molar-refractivity contribution in [1.29, 1.82) is 0 Å². The monoisotopic (exact) mass is 344 g/mol. The minimum absolute atomic E-state index is 0.157. The molecule has 0 radical (unpaired) electrons. The van der Waals surface area contributed by atoms with Crippen LogP contribution in [0.15, 0.2) is 24.3 Å². The van der Waals surface area contributed by atoms with Crippen LogP contribution in [-0.4, -0.2) is 24.4 Å². The standard InChI is InChI=1S/C17H23F3N2O2/c1-3-16(4-2,10-21)22-15(23)13-9-12(13)11-7-5-6-8-14(11)24-17(18,19)20/h5-8,12-13H,3-4,9-10,21H2,1-2H3,(H,22,23). The van der Waals surface area contributed by atoms with Gasteiger partial charge in [-0.15, -0.1) is 13.2 Å². The second-order valence-electron chi connectivity index (χ2n) is 6.22. The van der Waals surface area contributed by atoms with E-state index >= 15 is 0 Å². The topological polar surface area (TPSA) is 64.3 Å². The zero-order valence-electron chi connectivity index (χ0n) is 13.8. The van der Waals surface area contributed by atoms with Crippen LogP contribution in [0, 0.1) is 5.92 Å². The summed E-state index contributed by atoms with van der Waals surface area (Å²) in [5.74, 6) is -0.989. The van der Waals surface area contributed by atoms with Gasteiger partial charge in [0.25, 0.3) is 0 Å². The summed E-state index contributed by atoms with van der Waals surface area (Å²) in [4.78, 5) is 12.4. The molecule has 0 aromatic heterocycles. The highest BCUT2D eigenvalue weighted by molar-refractivity contribution is 5.83. The van der Waals surface area contributed by atoms with Crippen molar-refractivity contribution >= 4 is 5.91 Å². The number of nitrogens with one attached hydrogen (secondary N) is 1. The summed E-state index contributed by atoms with van der Waals surface area (Å²) in [6.45, 7) is 4.23. The van der Waals surface area contributed by atoms with Gasteiger partial charge in [-0.1, -0.05) is 32.0 Å². The molecule has 1 saturated carbocycles. The quantitative estimate of drug-likeness (QED) is 0.797. The van der Waals surface area contributed by atoms with Crippen LogP contribution < -0.4 is 15.8 Å². The summed E-state index contributed by atoms with van der Waals surface area (Å²) in [5, 5.41) is 2.98. The second kappa shape index (κ2) is 7.01. The number of para-hydroxylation sites is 1. The lowest BCUT2D eigenvalue weighted by molar-refractivity contribution is -0.274. The van der Waals surface area contributed by atoms with Crippen molar-refractivity contribution in [2.24, 2.45) is 11.7 Å². The Morgan fingerprint density at radius 2 is 1.92 bits per heavy atom. The molecule has 1 aliphatic carbocycles. The maximum absolute atomic E-state index is 12.5. The highest BCUT2D eigenvalue weighted by Gasteiger charge is 2.47. The maximum Gasteiger partial charge on any atom is 0.573 e. The third kappa shape index (κ3) is 4.20. The summed E-state index contributed by atoms with van der Waals surface area (Å²) < 4.78 is 41.6. The number of rotatable bonds is 7. The number of hydrogen-bond donors (Lipinski definition) is 2. The minimum atomic E-state index is -4.75. The number of amides is 1. The van der Waals surface area contributed by atoms with E-state index in [9.17, 15) is 18.0 Å². The Morgan fingerprint density at radius 3 is 2.46 bits per heavy atom. The van der Waals surface area contributed by atoms with Crippen molar-refractivity contribution in [3.05, 3.63) is 29.8 Å². The average molecular weight is 344 g/mol. The molecule has 2 unspecified atom stereocenters. The fourth-order valence-corrected chi connectivity index (χ4v) is 2.95. The molecular formula is C17H23F3N2O2. The van der Waals surface area contributed by atoms with Crippen LogP contribution in [0.25, 0.3) is 0 Å². The van der Waals surface area contributed by atoms with E-state index in [0.29, 0.717) is 31.4 Å². The number of halogens is 3. The van der Waals surface area contributed by atoms with Crippen molar-refractivity contribution in [2.45, 2.75) is 50.9 Å². The lowest BCUT2D eigenvalue weighted by Crippen LogP contribution is -2.53. The molecule has 7 heteroatoms. The van der Waals surface area contributed by atoms with Crippen molar-refractivity contribution < 1.29 is 22.7 Å². The molecule has 1 aromatic carbocycles. The van der Waals surface area contributed by atoms with Gasteiger partial charge in [0.05, 0.1) is 5.54 Å². The molecule has 134 valence electrons. The SMILES string of the molecule is CCC(CC)(CN)NC(=O)C1CC1c1ccccc1OC(F)(F)F. The first-order valence-electron chi connectivity index (χ1n) is 8.12. The predicted octanol–water partition coefficient (Wildman–Crippen LogP) is 3.32. The van der Waals surface area contributed by atoms with Crippen LogP contribution in [0.3, 0.4) is 0 Å². The largest absolute Gasteiger partial charge is 0.573 e. The smallest absolute Gasteiger partial charge is 0.405 e. The van der Waals surface area contributed by atoms with Gasteiger partial charge in [-0.3, -0.25) is 4.79 Å². The van der Waals surface area contributed by atoms with E-state index in [0.717, 1.165) is 0 Å². The van der Waals surface area contributed by atoms with Gasteiger partial charge < -0.3 is 15.8 Å². The Kier molecular flexibility index (Phi) is 5.42. The minimum Gasteiger partial charge on any atom is -0.405 e. The Labute approximate surface area is 139 Å². The van der Waals surface area contributed by atoms with Crippen molar-refractivity contribution in [3.63, 3.8) is 0 Å². The highest BCUT2D eigenvalue weighted by Crippen LogP contribution is 2.51. The van der Waals surface area contributed by atoms with Crippen LogP contribution in [0.5, 0.6) is 5.75 Å². The number of hydrogen-bond acceptors (Lipinski definition) is 3.